The summed E-state index contributed by atoms with van der Waals surface area (Å²) >= 11 is 0. The quantitative estimate of drug-likeness (QED) is 0.795. The third kappa shape index (κ3) is 3.78. The molecule has 5 nitrogen and oxygen atoms in total. The highest BCUT2D eigenvalue weighted by Gasteiger charge is 2.20. The first-order valence-electron chi connectivity index (χ1n) is 7.13. The minimum absolute atomic E-state index is 0.192. The highest BCUT2D eigenvalue weighted by atomic mass is 19.1. The maximum atomic E-state index is 13.8. The van der Waals surface area contributed by atoms with Gasteiger partial charge in [0.05, 0.1) is 12.6 Å². The minimum Gasteiger partial charge on any atom is -0.407 e. The van der Waals surface area contributed by atoms with Crippen LogP contribution in [0.1, 0.15) is 37.8 Å². The van der Waals surface area contributed by atoms with Gasteiger partial charge in [-0.15, -0.1) is 5.10 Å². The molecule has 1 unspecified atom stereocenters. The van der Waals surface area contributed by atoms with Crippen LogP contribution in [-0.2, 0) is 6.54 Å². The lowest BCUT2D eigenvalue weighted by Crippen LogP contribution is -2.22. The lowest BCUT2D eigenvalue weighted by molar-refractivity contribution is 0.455. The molecule has 0 aliphatic heterocycles. The molecule has 0 amide bonds. The Kier molecular flexibility index (Phi) is 5.27. The van der Waals surface area contributed by atoms with E-state index in [0.717, 1.165) is 13.0 Å². The molecule has 0 spiro atoms. The molecule has 0 saturated carbocycles. The smallest absolute Gasteiger partial charge is 0.318 e. The molecule has 1 heterocycles. The summed E-state index contributed by atoms with van der Waals surface area (Å²) < 4.78 is 19.4. The molecule has 1 N–H and O–H groups in total. The normalized spacial score (nSPS) is 12.4. The van der Waals surface area contributed by atoms with Crippen molar-refractivity contribution in [3.63, 3.8) is 0 Å². The molecule has 0 aliphatic carbocycles. The Balaban J connectivity index is 2.06. The molecule has 0 radical (unpaired) electrons. The Bertz CT molecular complexity index is 572. The first-order chi connectivity index (χ1) is 10.1. The fraction of sp³-hybridized carbons (Fsp3) is 0.467. The molecule has 0 bridgehead atoms. The van der Waals surface area contributed by atoms with Crippen LogP contribution >= 0.6 is 0 Å². The van der Waals surface area contributed by atoms with E-state index in [1.54, 1.807) is 17.0 Å². The summed E-state index contributed by atoms with van der Waals surface area (Å²) in [6.45, 7) is 5.44. The number of aromatic nitrogens is 2. The van der Waals surface area contributed by atoms with Gasteiger partial charge in [0.25, 0.3) is 0 Å². The molecule has 6 heteroatoms. The van der Waals surface area contributed by atoms with E-state index in [2.05, 4.69) is 22.4 Å². The lowest BCUT2D eigenvalue weighted by atomic mass is 10.1. The van der Waals surface area contributed by atoms with Gasteiger partial charge in [-0.1, -0.05) is 30.2 Å². The molecule has 21 heavy (non-hydrogen) atoms. The number of rotatable bonds is 7. The zero-order valence-electron chi connectivity index (χ0n) is 12.6. The van der Waals surface area contributed by atoms with Gasteiger partial charge in [0.1, 0.15) is 5.82 Å². The Morgan fingerprint density at radius 2 is 2.10 bits per heavy atom. The Morgan fingerprint density at radius 1 is 1.33 bits per heavy atom. The fourth-order valence-electron chi connectivity index (χ4n) is 2.02. The molecule has 2 rings (SSSR count). The average molecular weight is 292 g/mol. The summed E-state index contributed by atoms with van der Waals surface area (Å²) in [5, 5.41) is 11.2. The zero-order chi connectivity index (χ0) is 15.2. The summed E-state index contributed by atoms with van der Waals surface area (Å²) in [6, 6.07) is 6.90. The number of anilines is 1. The Morgan fingerprint density at radius 3 is 2.81 bits per heavy atom. The summed E-state index contributed by atoms with van der Waals surface area (Å²) in [5.74, 6) is 0.298. The van der Waals surface area contributed by atoms with Crippen LogP contribution in [0.2, 0.25) is 0 Å². The van der Waals surface area contributed by atoms with Crippen LogP contribution in [0.15, 0.2) is 28.7 Å². The van der Waals surface area contributed by atoms with E-state index in [4.69, 9.17) is 4.42 Å². The van der Waals surface area contributed by atoms with Crippen molar-refractivity contribution in [1.82, 2.24) is 15.5 Å². The molecule has 1 aromatic carbocycles. The predicted octanol–water partition coefficient (Wildman–Crippen LogP) is 2.91. The Labute approximate surface area is 124 Å². The number of hydrogen-bond donors (Lipinski definition) is 1. The van der Waals surface area contributed by atoms with Gasteiger partial charge in [0, 0.05) is 12.6 Å². The number of hydrogen-bond acceptors (Lipinski definition) is 5. The first-order valence-corrected chi connectivity index (χ1v) is 7.13. The van der Waals surface area contributed by atoms with Crippen LogP contribution in [0, 0.1) is 5.82 Å². The van der Waals surface area contributed by atoms with Crippen LogP contribution in [0.5, 0.6) is 0 Å². The highest BCUT2D eigenvalue weighted by molar-refractivity contribution is 5.32. The second-order valence-electron chi connectivity index (χ2n) is 4.96. The van der Waals surface area contributed by atoms with Crippen LogP contribution in [0.4, 0.5) is 10.4 Å². The van der Waals surface area contributed by atoms with Crippen molar-refractivity contribution in [1.29, 1.82) is 0 Å². The monoisotopic (exact) mass is 292 g/mol. The third-order valence-electron chi connectivity index (χ3n) is 3.40. The first kappa shape index (κ1) is 15.4. The van der Waals surface area contributed by atoms with E-state index >= 15 is 0 Å². The second kappa shape index (κ2) is 7.17. The van der Waals surface area contributed by atoms with Gasteiger partial charge in [-0.25, -0.2) is 4.39 Å². The van der Waals surface area contributed by atoms with Crippen molar-refractivity contribution in [2.24, 2.45) is 0 Å². The van der Waals surface area contributed by atoms with Crippen molar-refractivity contribution in [3.05, 3.63) is 41.5 Å². The second-order valence-corrected chi connectivity index (χ2v) is 4.96. The molecule has 1 atom stereocenters. The van der Waals surface area contributed by atoms with E-state index in [0.29, 0.717) is 24.0 Å². The van der Waals surface area contributed by atoms with E-state index < -0.39 is 0 Å². The standard InChI is InChI=1S/C15H21FN4O/c1-4-9-17-10-14-18-19-15(21-14)20(3)11(2)12-7-5-6-8-13(12)16/h5-8,11,17H,4,9-10H2,1-3H3. The molecule has 0 aliphatic rings. The van der Waals surface area contributed by atoms with Crippen molar-refractivity contribution in [3.8, 4) is 0 Å². The average Bonchev–Trinajstić information content (AvgIpc) is 2.95. The zero-order valence-corrected chi connectivity index (χ0v) is 12.6. The molecule has 114 valence electrons. The fourth-order valence-corrected chi connectivity index (χ4v) is 2.02. The molecular weight excluding hydrogens is 271 g/mol. The maximum Gasteiger partial charge on any atom is 0.318 e. The summed E-state index contributed by atoms with van der Waals surface area (Å²) in [6.07, 6.45) is 1.05. The summed E-state index contributed by atoms with van der Waals surface area (Å²) in [4.78, 5) is 1.77. The predicted molar refractivity (Wildman–Crippen MR) is 79.5 cm³/mol. The molecule has 2 aromatic rings. The number of nitrogens with one attached hydrogen (secondary N) is 1. The van der Waals surface area contributed by atoms with Gasteiger partial charge < -0.3 is 14.6 Å². The molecule has 0 saturated heterocycles. The SMILES string of the molecule is CCCNCc1nnc(N(C)C(C)c2ccccc2F)o1. The van der Waals surface area contributed by atoms with Gasteiger partial charge in [-0.05, 0) is 26.0 Å². The topological polar surface area (TPSA) is 54.2 Å². The lowest BCUT2D eigenvalue weighted by Gasteiger charge is -2.23. The van der Waals surface area contributed by atoms with E-state index in [1.165, 1.54) is 6.07 Å². The molecular formula is C15H21FN4O. The van der Waals surface area contributed by atoms with Gasteiger partial charge in [-0.3, -0.25) is 0 Å². The van der Waals surface area contributed by atoms with Gasteiger partial charge in [-0.2, -0.15) is 0 Å². The number of halogens is 1. The van der Waals surface area contributed by atoms with Crippen molar-refractivity contribution in [2.45, 2.75) is 32.9 Å². The van der Waals surface area contributed by atoms with Crippen molar-refractivity contribution >= 4 is 6.01 Å². The Hall–Kier alpha value is -1.95. The van der Waals surface area contributed by atoms with E-state index in [9.17, 15) is 4.39 Å². The molecule has 1 aromatic heterocycles. The largest absolute Gasteiger partial charge is 0.407 e. The van der Waals surface area contributed by atoms with Gasteiger partial charge in [0.15, 0.2) is 0 Å². The molecule has 0 fully saturated rings. The number of benzene rings is 1. The van der Waals surface area contributed by atoms with E-state index in [1.807, 2.05) is 20.0 Å². The third-order valence-corrected chi connectivity index (χ3v) is 3.40. The summed E-state index contributed by atoms with van der Waals surface area (Å²) in [5.41, 5.74) is 0.601. The number of nitrogens with zero attached hydrogens (tertiary/aromatic N) is 3. The minimum atomic E-state index is -0.235. The highest BCUT2D eigenvalue weighted by Crippen LogP contribution is 2.25. The van der Waals surface area contributed by atoms with Crippen molar-refractivity contribution < 1.29 is 8.81 Å². The van der Waals surface area contributed by atoms with Crippen molar-refractivity contribution in [2.75, 3.05) is 18.5 Å². The van der Waals surface area contributed by atoms with Crippen LogP contribution in [0.3, 0.4) is 0 Å². The van der Waals surface area contributed by atoms with Crippen LogP contribution in [0.25, 0.3) is 0 Å². The van der Waals surface area contributed by atoms with E-state index in [-0.39, 0.29) is 11.9 Å². The van der Waals surface area contributed by atoms with Crippen LogP contribution < -0.4 is 10.2 Å². The van der Waals surface area contributed by atoms with Crippen LogP contribution in [-0.4, -0.2) is 23.8 Å². The summed E-state index contributed by atoms with van der Waals surface area (Å²) in [7, 11) is 1.81. The van der Waals surface area contributed by atoms with Gasteiger partial charge >= 0.3 is 6.01 Å². The van der Waals surface area contributed by atoms with Gasteiger partial charge in [0.2, 0.25) is 5.89 Å². The maximum absolute atomic E-state index is 13.8.